The van der Waals surface area contributed by atoms with Crippen LogP contribution in [0.3, 0.4) is 0 Å². The van der Waals surface area contributed by atoms with E-state index in [2.05, 4.69) is 57.1 Å². The van der Waals surface area contributed by atoms with Crippen molar-refractivity contribution in [3.63, 3.8) is 0 Å². The van der Waals surface area contributed by atoms with E-state index in [1.165, 1.54) is 10.4 Å². The average Bonchev–Trinajstić information content (AvgIpc) is 3.17. The fourth-order valence-electron chi connectivity index (χ4n) is 3.05. The first-order valence-electron chi connectivity index (χ1n) is 8.74. The van der Waals surface area contributed by atoms with Gasteiger partial charge in [-0.05, 0) is 36.3 Å². The standard InChI is InChI=1S/C19H26N4S2/c1-22-9-11-23(12-10-22)17(18-8-5-13-25-18)15-21-19(24)20-14-16-6-3-2-4-7-16/h2-8,13,17H,9-12,14-15H2,1H3,(H2,20,21,24). The molecule has 25 heavy (non-hydrogen) atoms. The molecule has 134 valence electrons. The molecular weight excluding hydrogens is 348 g/mol. The molecule has 1 aromatic heterocycles. The van der Waals surface area contributed by atoms with E-state index in [1.807, 2.05) is 29.5 Å². The zero-order chi connectivity index (χ0) is 17.5. The Morgan fingerprint density at radius 3 is 2.52 bits per heavy atom. The number of benzene rings is 1. The highest BCUT2D eigenvalue weighted by atomic mass is 32.1. The topological polar surface area (TPSA) is 30.5 Å². The molecule has 4 nitrogen and oxygen atoms in total. The van der Waals surface area contributed by atoms with E-state index in [0.29, 0.717) is 6.04 Å². The molecule has 1 aliphatic rings. The maximum absolute atomic E-state index is 5.48. The van der Waals surface area contributed by atoms with Gasteiger partial charge in [-0.1, -0.05) is 36.4 Å². The summed E-state index contributed by atoms with van der Waals surface area (Å²) in [5, 5.41) is 9.61. The van der Waals surface area contributed by atoms with Crippen molar-refractivity contribution in [1.82, 2.24) is 20.4 Å². The minimum absolute atomic E-state index is 0.380. The Morgan fingerprint density at radius 1 is 1.08 bits per heavy atom. The second-order valence-corrected chi connectivity index (χ2v) is 7.81. The minimum Gasteiger partial charge on any atom is -0.361 e. The lowest BCUT2D eigenvalue weighted by Gasteiger charge is -2.37. The number of hydrogen-bond acceptors (Lipinski definition) is 4. The number of piperazine rings is 1. The molecule has 6 heteroatoms. The third-order valence-corrected chi connectivity index (χ3v) is 5.86. The summed E-state index contributed by atoms with van der Waals surface area (Å²) in [6.45, 7) is 6.04. The van der Waals surface area contributed by atoms with Crippen molar-refractivity contribution in [2.24, 2.45) is 0 Å². The van der Waals surface area contributed by atoms with Gasteiger partial charge in [0.2, 0.25) is 0 Å². The van der Waals surface area contributed by atoms with Crippen LogP contribution in [0.15, 0.2) is 47.8 Å². The van der Waals surface area contributed by atoms with Crippen molar-refractivity contribution in [1.29, 1.82) is 0 Å². The van der Waals surface area contributed by atoms with Crippen LogP contribution in [0.5, 0.6) is 0 Å². The normalized spacial score (nSPS) is 17.2. The summed E-state index contributed by atoms with van der Waals surface area (Å²) in [6, 6.07) is 15.1. The molecule has 0 aliphatic carbocycles. The summed E-state index contributed by atoms with van der Waals surface area (Å²) >= 11 is 7.30. The predicted molar refractivity (Wildman–Crippen MR) is 110 cm³/mol. The monoisotopic (exact) mass is 374 g/mol. The minimum atomic E-state index is 0.380. The van der Waals surface area contributed by atoms with E-state index in [-0.39, 0.29) is 0 Å². The quantitative estimate of drug-likeness (QED) is 0.759. The van der Waals surface area contributed by atoms with E-state index in [1.54, 1.807) is 0 Å². The van der Waals surface area contributed by atoms with Crippen molar-refractivity contribution in [2.75, 3.05) is 39.8 Å². The fraction of sp³-hybridized carbons (Fsp3) is 0.421. The number of nitrogens with one attached hydrogen (secondary N) is 2. The van der Waals surface area contributed by atoms with Gasteiger partial charge in [-0.15, -0.1) is 11.3 Å². The zero-order valence-corrected chi connectivity index (χ0v) is 16.3. The van der Waals surface area contributed by atoms with Gasteiger partial charge in [0.1, 0.15) is 0 Å². The van der Waals surface area contributed by atoms with Gasteiger partial charge in [-0.3, -0.25) is 4.90 Å². The summed E-state index contributed by atoms with van der Waals surface area (Å²) in [7, 11) is 2.19. The Balaban J connectivity index is 1.52. The molecule has 0 spiro atoms. The van der Waals surface area contributed by atoms with Gasteiger partial charge in [0.15, 0.2) is 5.11 Å². The van der Waals surface area contributed by atoms with E-state index in [0.717, 1.165) is 44.4 Å². The number of likely N-dealkylation sites (N-methyl/N-ethyl adjacent to an activating group) is 1. The van der Waals surface area contributed by atoms with E-state index in [4.69, 9.17) is 12.2 Å². The molecule has 0 amide bonds. The molecule has 0 saturated carbocycles. The molecule has 3 rings (SSSR count). The van der Waals surface area contributed by atoms with E-state index in [9.17, 15) is 0 Å². The predicted octanol–water partition coefficient (Wildman–Crippen LogP) is 2.70. The van der Waals surface area contributed by atoms with Crippen LogP contribution in [-0.4, -0.2) is 54.7 Å². The molecule has 2 N–H and O–H groups in total. The van der Waals surface area contributed by atoms with Crippen LogP contribution >= 0.6 is 23.6 Å². The Morgan fingerprint density at radius 2 is 1.84 bits per heavy atom. The summed E-state index contributed by atoms with van der Waals surface area (Å²) in [6.07, 6.45) is 0. The smallest absolute Gasteiger partial charge is 0.166 e. The van der Waals surface area contributed by atoms with E-state index >= 15 is 0 Å². The van der Waals surface area contributed by atoms with Crippen LogP contribution in [0.1, 0.15) is 16.5 Å². The molecule has 2 heterocycles. The fourth-order valence-corrected chi connectivity index (χ4v) is 4.07. The van der Waals surface area contributed by atoms with Gasteiger partial charge in [0, 0.05) is 44.1 Å². The summed E-state index contributed by atoms with van der Waals surface area (Å²) in [4.78, 5) is 6.36. The second kappa shape index (κ2) is 9.29. The van der Waals surface area contributed by atoms with Crippen molar-refractivity contribution in [3.8, 4) is 0 Å². The molecule has 1 unspecified atom stereocenters. The van der Waals surface area contributed by atoms with E-state index < -0.39 is 0 Å². The first-order chi connectivity index (χ1) is 12.2. The molecular formula is C19H26N4S2. The maximum Gasteiger partial charge on any atom is 0.166 e. The summed E-state index contributed by atoms with van der Waals surface area (Å²) in [5.74, 6) is 0. The van der Waals surface area contributed by atoms with Crippen LogP contribution < -0.4 is 10.6 Å². The molecule has 0 radical (unpaired) electrons. The first-order valence-corrected chi connectivity index (χ1v) is 10.0. The molecule has 1 aliphatic heterocycles. The summed E-state index contributed by atoms with van der Waals surface area (Å²) < 4.78 is 0. The highest BCUT2D eigenvalue weighted by Gasteiger charge is 2.24. The van der Waals surface area contributed by atoms with Gasteiger partial charge in [0.05, 0.1) is 6.04 Å². The van der Waals surface area contributed by atoms with Crippen LogP contribution in [0, 0.1) is 0 Å². The van der Waals surface area contributed by atoms with Crippen LogP contribution in [-0.2, 0) is 6.54 Å². The Bertz CT molecular complexity index is 637. The van der Waals surface area contributed by atoms with Gasteiger partial charge in [-0.25, -0.2) is 0 Å². The lowest BCUT2D eigenvalue weighted by atomic mass is 10.1. The van der Waals surface area contributed by atoms with Crippen LogP contribution in [0.4, 0.5) is 0 Å². The molecule has 1 aromatic carbocycles. The third-order valence-electron chi connectivity index (χ3n) is 4.60. The number of rotatable bonds is 6. The molecule has 1 saturated heterocycles. The largest absolute Gasteiger partial charge is 0.361 e. The molecule has 1 atom stereocenters. The lowest BCUT2D eigenvalue weighted by molar-refractivity contribution is 0.114. The highest BCUT2D eigenvalue weighted by molar-refractivity contribution is 7.80. The van der Waals surface area contributed by atoms with Gasteiger partial charge in [0.25, 0.3) is 0 Å². The molecule has 2 aromatic rings. The van der Waals surface area contributed by atoms with Crippen molar-refractivity contribution in [2.45, 2.75) is 12.6 Å². The molecule has 0 bridgehead atoms. The third kappa shape index (κ3) is 5.51. The highest BCUT2D eigenvalue weighted by Crippen LogP contribution is 2.25. The Labute approximate surface area is 159 Å². The number of thiocarbonyl (C=S) groups is 1. The van der Waals surface area contributed by atoms with Crippen LogP contribution in [0.25, 0.3) is 0 Å². The number of nitrogens with zero attached hydrogens (tertiary/aromatic N) is 2. The van der Waals surface area contributed by atoms with Crippen molar-refractivity contribution < 1.29 is 0 Å². The van der Waals surface area contributed by atoms with Crippen molar-refractivity contribution in [3.05, 3.63) is 58.3 Å². The molecule has 1 fully saturated rings. The van der Waals surface area contributed by atoms with Crippen molar-refractivity contribution >= 4 is 28.7 Å². The number of thiophene rings is 1. The Hall–Kier alpha value is -1.47. The van der Waals surface area contributed by atoms with Gasteiger partial charge < -0.3 is 15.5 Å². The van der Waals surface area contributed by atoms with Gasteiger partial charge >= 0.3 is 0 Å². The Kier molecular flexibility index (Phi) is 6.81. The van der Waals surface area contributed by atoms with Gasteiger partial charge in [-0.2, -0.15) is 0 Å². The second-order valence-electron chi connectivity index (χ2n) is 6.42. The SMILES string of the molecule is CN1CCN(C(CNC(=S)NCc2ccccc2)c2cccs2)CC1. The number of hydrogen-bond donors (Lipinski definition) is 2. The summed E-state index contributed by atoms with van der Waals surface area (Å²) in [5.41, 5.74) is 1.24. The zero-order valence-electron chi connectivity index (χ0n) is 14.6. The maximum atomic E-state index is 5.48. The average molecular weight is 375 g/mol. The first kappa shape index (κ1) is 18.3. The van der Waals surface area contributed by atoms with Crippen LogP contribution in [0.2, 0.25) is 0 Å². The lowest BCUT2D eigenvalue weighted by Crippen LogP contribution is -2.49.